The van der Waals surface area contributed by atoms with Crippen molar-refractivity contribution in [3.05, 3.63) is 57.8 Å². The maximum absolute atomic E-state index is 12.6. The summed E-state index contributed by atoms with van der Waals surface area (Å²) in [5.41, 5.74) is 1.94. The molecule has 0 aliphatic carbocycles. The molecule has 1 saturated heterocycles. The highest BCUT2D eigenvalue weighted by Gasteiger charge is 2.36. The van der Waals surface area contributed by atoms with Crippen LogP contribution in [0.5, 0.6) is 0 Å². The van der Waals surface area contributed by atoms with Crippen LogP contribution in [0.25, 0.3) is 0 Å². The Morgan fingerprint density at radius 3 is 2.24 bits per heavy atom. The molecule has 1 fully saturated rings. The topological polar surface area (TPSA) is 69.7 Å². The van der Waals surface area contributed by atoms with Gasteiger partial charge in [-0.05, 0) is 60.5 Å². The summed E-state index contributed by atoms with van der Waals surface area (Å²) >= 11 is 1.65. The molecular weight excluding hydrogens is 386 g/mol. The Kier molecular flexibility index (Phi) is 6.06. The Hall–Kier alpha value is -2.51. The lowest BCUT2D eigenvalue weighted by molar-refractivity contribution is -0.121. The second kappa shape index (κ2) is 8.88. The molecule has 1 aromatic heterocycles. The summed E-state index contributed by atoms with van der Waals surface area (Å²) in [4.78, 5) is 41.0. The largest absolute Gasteiger partial charge is 0.353 e. The Balaban J connectivity index is 1.40. The lowest BCUT2D eigenvalue weighted by atomic mass is 10.1. The molecule has 1 unspecified atom stereocenters. The minimum absolute atomic E-state index is 0.116. The Bertz CT molecular complexity index is 853. The van der Waals surface area contributed by atoms with Crippen molar-refractivity contribution in [2.24, 2.45) is 0 Å². The van der Waals surface area contributed by atoms with Gasteiger partial charge in [-0.3, -0.25) is 24.2 Å². The number of imide groups is 1. The molecule has 0 spiro atoms. The van der Waals surface area contributed by atoms with E-state index in [0.29, 0.717) is 17.7 Å². The van der Waals surface area contributed by atoms with Gasteiger partial charge in [0, 0.05) is 6.54 Å². The number of carbonyl (C=O) groups excluding carboxylic acids is 3. The number of nitrogens with one attached hydrogen (secondary N) is 1. The summed E-state index contributed by atoms with van der Waals surface area (Å²) in [7, 11) is 0. The summed E-state index contributed by atoms with van der Waals surface area (Å²) < 4.78 is 0. The average molecular weight is 412 g/mol. The molecule has 7 heteroatoms. The highest BCUT2D eigenvalue weighted by atomic mass is 32.1. The molecule has 3 heterocycles. The van der Waals surface area contributed by atoms with Gasteiger partial charge in [0.25, 0.3) is 11.8 Å². The van der Waals surface area contributed by atoms with Crippen LogP contribution in [-0.4, -0.2) is 53.7 Å². The zero-order chi connectivity index (χ0) is 20.2. The molecule has 1 N–H and O–H groups in total. The third-order valence-electron chi connectivity index (χ3n) is 5.68. The quantitative estimate of drug-likeness (QED) is 0.742. The molecule has 3 amide bonds. The first-order valence-electron chi connectivity index (χ1n) is 10.1. The molecule has 152 valence electrons. The van der Waals surface area contributed by atoms with E-state index in [9.17, 15) is 14.4 Å². The Morgan fingerprint density at radius 2 is 1.66 bits per heavy atom. The van der Waals surface area contributed by atoms with E-state index in [1.165, 1.54) is 31.2 Å². The fourth-order valence-corrected chi connectivity index (χ4v) is 4.83. The van der Waals surface area contributed by atoms with E-state index in [4.69, 9.17) is 0 Å². The van der Waals surface area contributed by atoms with E-state index < -0.39 is 11.8 Å². The van der Waals surface area contributed by atoms with Crippen LogP contribution in [0, 0.1) is 0 Å². The minimum Gasteiger partial charge on any atom is -0.353 e. The zero-order valence-electron chi connectivity index (χ0n) is 16.3. The van der Waals surface area contributed by atoms with Gasteiger partial charge in [0.15, 0.2) is 0 Å². The minimum atomic E-state index is -0.400. The third-order valence-corrected chi connectivity index (χ3v) is 6.38. The molecule has 4 rings (SSSR count). The van der Waals surface area contributed by atoms with Crippen LogP contribution in [0.4, 0.5) is 0 Å². The van der Waals surface area contributed by atoms with Gasteiger partial charge < -0.3 is 5.32 Å². The van der Waals surface area contributed by atoms with Gasteiger partial charge in [-0.25, -0.2) is 0 Å². The first-order valence-corrected chi connectivity index (χ1v) is 11.1. The van der Waals surface area contributed by atoms with Crippen molar-refractivity contribution in [2.45, 2.75) is 31.7 Å². The highest BCUT2D eigenvalue weighted by Crippen LogP contribution is 2.26. The molecule has 0 radical (unpaired) electrons. The van der Waals surface area contributed by atoms with Crippen molar-refractivity contribution in [1.82, 2.24) is 15.1 Å². The molecule has 0 saturated carbocycles. The predicted molar refractivity (Wildman–Crippen MR) is 112 cm³/mol. The number of rotatable bonds is 6. The summed E-state index contributed by atoms with van der Waals surface area (Å²) in [6.07, 6.45) is 4.84. The number of amides is 3. The smallest absolute Gasteiger partial charge is 0.262 e. The number of benzene rings is 1. The summed E-state index contributed by atoms with van der Waals surface area (Å²) in [5.74, 6) is -1.11. The van der Waals surface area contributed by atoms with Crippen molar-refractivity contribution >= 4 is 29.1 Å². The van der Waals surface area contributed by atoms with E-state index >= 15 is 0 Å². The second-order valence-electron chi connectivity index (χ2n) is 7.57. The van der Waals surface area contributed by atoms with Crippen LogP contribution in [0.1, 0.15) is 58.0 Å². The monoisotopic (exact) mass is 411 g/mol. The maximum atomic E-state index is 12.6. The second-order valence-corrected chi connectivity index (χ2v) is 8.35. The van der Waals surface area contributed by atoms with Gasteiger partial charge in [0.1, 0.15) is 6.54 Å². The van der Waals surface area contributed by atoms with Crippen LogP contribution in [-0.2, 0) is 4.79 Å². The maximum Gasteiger partial charge on any atom is 0.262 e. The number of thiophene rings is 1. The van der Waals surface area contributed by atoms with Crippen LogP contribution in [0.15, 0.2) is 41.1 Å². The standard InChI is InChI=1S/C22H25N3O3S/c26-20(14-25-21(27)17-7-3-4-8-18(17)22(25)28)23-13-19(16-9-12-29-15-16)24-10-5-1-2-6-11-24/h3-4,7-9,12,15,19H,1-2,5-6,10-11,13-14H2,(H,23,26). The van der Waals surface area contributed by atoms with Gasteiger partial charge in [-0.2, -0.15) is 11.3 Å². The van der Waals surface area contributed by atoms with E-state index in [1.807, 2.05) is 0 Å². The number of hydrogen-bond acceptors (Lipinski definition) is 5. The summed E-state index contributed by atoms with van der Waals surface area (Å²) in [6, 6.07) is 8.92. The third kappa shape index (κ3) is 4.26. The van der Waals surface area contributed by atoms with Gasteiger partial charge >= 0.3 is 0 Å². The number of fused-ring (bicyclic) bond motifs is 1. The summed E-state index contributed by atoms with van der Waals surface area (Å²) in [6.45, 7) is 2.27. The van der Waals surface area contributed by atoms with Crippen molar-refractivity contribution in [3.8, 4) is 0 Å². The zero-order valence-corrected chi connectivity index (χ0v) is 17.1. The number of nitrogens with zero attached hydrogens (tertiary/aromatic N) is 2. The molecule has 0 bridgehead atoms. The SMILES string of the molecule is O=C(CN1C(=O)c2ccccc2C1=O)NCC(c1ccsc1)N1CCCCCC1. The predicted octanol–water partition coefficient (Wildman–Crippen LogP) is 3.08. The number of likely N-dealkylation sites (tertiary alicyclic amines) is 1. The van der Waals surface area contributed by atoms with Gasteiger partial charge in [0.05, 0.1) is 17.2 Å². The molecule has 2 aromatic rings. The van der Waals surface area contributed by atoms with E-state index in [1.54, 1.807) is 35.6 Å². The van der Waals surface area contributed by atoms with Crippen molar-refractivity contribution in [2.75, 3.05) is 26.2 Å². The molecule has 2 aliphatic rings. The number of carbonyl (C=O) groups is 3. The van der Waals surface area contributed by atoms with Gasteiger partial charge in [-0.15, -0.1) is 0 Å². The molecular formula is C22H25N3O3S. The fraction of sp³-hybridized carbons (Fsp3) is 0.409. The van der Waals surface area contributed by atoms with Crippen molar-refractivity contribution < 1.29 is 14.4 Å². The van der Waals surface area contributed by atoms with Gasteiger partial charge in [0.2, 0.25) is 5.91 Å². The number of hydrogen-bond donors (Lipinski definition) is 1. The lowest BCUT2D eigenvalue weighted by Crippen LogP contribution is -2.44. The molecule has 29 heavy (non-hydrogen) atoms. The molecule has 1 aromatic carbocycles. The Labute approximate surface area is 174 Å². The van der Waals surface area contributed by atoms with Crippen molar-refractivity contribution in [3.63, 3.8) is 0 Å². The van der Waals surface area contributed by atoms with Crippen molar-refractivity contribution in [1.29, 1.82) is 0 Å². The van der Waals surface area contributed by atoms with Crippen LogP contribution in [0.2, 0.25) is 0 Å². The lowest BCUT2D eigenvalue weighted by Gasteiger charge is -2.30. The average Bonchev–Trinajstić information content (AvgIpc) is 3.23. The van der Waals surface area contributed by atoms with Crippen LogP contribution in [0.3, 0.4) is 0 Å². The Morgan fingerprint density at radius 1 is 1.00 bits per heavy atom. The first-order chi connectivity index (χ1) is 14.1. The van der Waals surface area contributed by atoms with Gasteiger partial charge in [-0.1, -0.05) is 25.0 Å². The normalized spacial score (nSPS) is 18.4. The fourth-order valence-electron chi connectivity index (χ4n) is 4.12. The summed E-state index contributed by atoms with van der Waals surface area (Å²) in [5, 5.41) is 7.15. The van der Waals surface area contributed by atoms with E-state index in [0.717, 1.165) is 18.0 Å². The van der Waals surface area contributed by atoms with E-state index in [2.05, 4.69) is 27.0 Å². The van der Waals surface area contributed by atoms with Crippen LogP contribution < -0.4 is 5.32 Å². The first kappa shape index (κ1) is 19.8. The molecule has 1 atom stereocenters. The van der Waals surface area contributed by atoms with Crippen LogP contribution >= 0.6 is 11.3 Å². The molecule has 2 aliphatic heterocycles. The highest BCUT2D eigenvalue weighted by molar-refractivity contribution is 7.08. The molecule has 6 nitrogen and oxygen atoms in total. The van der Waals surface area contributed by atoms with E-state index in [-0.39, 0.29) is 18.5 Å².